The number of nitriles is 2. The minimum Gasteiger partial charge on any atom is -0.506 e. The maximum Gasteiger partial charge on any atom is 0.134 e. The standard InChI is InChI=1S/C19H13ClN4O/c1-11-14(8-21)18(12-4-5-17(25)16(20)7-12)15(9-22)19(24-11)13-3-2-6-23-10-13/h2-7,10,14,18,25H,1H3. The summed E-state index contributed by atoms with van der Waals surface area (Å²) >= 11 is 6.03. The van der Waals surface area contributed by atoms with E-state index in [2.05, 4.69) is 22.1 Å². The molecule has 1 N–H and O–H groups in total. The molecule has 0 saturated heterocycles. The lowest BCUT2D eigenvalue weighted by Gasteiger charge is -2.28. The van der Waals surface area contributed by atoms with Gasteiger partial charge in [-0.25, -0.2) is 0 Å². The maximum atomic E-state index is 9.79. The lowest BCUT2D eigenvalue weighted by molar-refractivity contribution is 0.475. The van der Waals surface area contributed by atoms with Gasteiger partial charge < -0.3 is 5.11 Å². The fraction of sp³-hybridized carbons (Fsp3) is 0.158. The van der Waals surface area contributed by atoms with E-state index in [9.17, 15) is 15.6 Å². The first-order chi connectivity index (χ1) is 12.1. The van der Waals surface area contributed by atoms with Crippen molar-refractivity contribution in [3.8, 4) is 17.9 Å². The summed E-state index contributed by atoms with van der Waals surface area (Å²) in [5, 5.41) is 29.3. The molecule has 0 saturated carbocycles. The molecule has 0 amide bonds. The Bertz CT molecular complexity index is 967. The monoisotopic (exact) mass is 348 g/mol. The number of phenolic OH excluding ortho intramolecular Hbond substituents is 1. The van der Waals surface area contributed by atoms with Crippen LogP contribution in [0.1, 0.15) is 24.0 Å². The molecule has 6 heteroatoms. The number of nitrogens with zero attached hydrogens (tertiary/aromatic N) is 4. The van der Waals surface area contributed by atoms with E-state index < -0.39 is 11.8 Å². The Morgan fingerprint density at radius 2 is 2.04 bits per heavy atom. The van der Waals surface area contributed by atoms with Crippen molar-refractivity contribution in [2.75, 3.05) is 0 Å². The van der Waals surface area contributed by atoms with E-state index in [0.29, 0.717) is 28.1 Å². The van der Waals surface area contributed by atoms with Gasteiger partial charge in [0.25, 0.3) is 0 Å². The molecule has 2 atom stereocenters. The van der Waals surface area contributed by atoms with E-state index in [0.717, 1.165) is 0 Å². The van der Waals surface area contributed by atoms with E-state index in [1.54, 1.807) is 37.5 Å². The van der Waals surface area contributed by atoms with Gasteiger partial charge in [0.05, 0.1) is 34.3 Å². The van der Waals surface area contributed by atoms with Crippen LogP contribution in [-0.4, -0.2) is 15.8 Å². The van der Waals surface area contributed by atoms with Crippen LogP contribution >= 0.6 is 11.6 Å². The number of allylic oxidation sites excluding steroid dienone is 1. The minimum absolute atomic E-state index is 0.0462. The van der Waals surface area contributed by atoms with Gasteiger partial charge in [-0.15, -0.1) is 0 Å². The minimum atomic E-state index is -0.587. The molecular weight excluding hydrogens is 336 g/mol. The van der Waals surface area contributed by atoms with Gasteiger partial charge in [-0.1, -0.05) is 17.7 Å². The van der Waals surface area contributed by atoms with Crippen molar-refractivity contribution in [3.05, 3.63) is 64.4 Å². The predicted molar refractivity (Wildman–Crippen MR) is 94.8 cm³/mol. The molecule has 25 heavy (non-hydrogen) atoms. The summed E-state index contributed by atoms with van der Waals surface area (Å²) < 4.78 is 0. The summed E-state index contributed by atoms with van der Waals surface area (Å²) in [5.74, 6) is -1.15. The highest BCUT2D eigenvalue weighted by Crippen LogP contribution is 2.42. The highest BCUT2D eigenvalue weighted by molar-refractivity contribution is 6.32. The molecule has 122 valence electrons. The smallest absolute Gasteiger partial charge is 0.134 e. The molecule has 1 aromatic heterocycles. The van der Waals surface area contributed by atoms with Gasteiger partial charge in [-0.3, -0.25) is 9.98 Å². The van der Waals surface area contributed by atoms with Crippen molar-refractivity contribution in [3.63, 3.8) is 0 Å². The van der Waals surface area contributed by atoms with Crippen molar-refractivity contribution in [1.29, 1.82) is 10.5 Å². The van der Waals surface area contributed by atoms with Crippen LogP contribution < -0.4 is 0 Å². The van der Waals surface area contributed by atoms with Gasteiger partial charge in [-0.2, -0.15) is 10.5 Å². The first-order valence-electron chi connectivity index (χ1n) is 7.54. The molecule has 1 aliphatic heterocycles. The summed E-state index contributed by atoms with van der Waals surface area (Å²) in [7, 11) is 0. The van der Waals surface area contributed by atoms with Crippen LogP contribution in [0.5, 0.6) is 5.75 Å². The van der Waals surface area contributed by atoms with E-state index in [4.69, 9.17) is 11.6 Å². The molecule has 2 aromatic rings. The van der Waals surface area contributed by atoms with Crippen LogP contribution in [0.2, 0.25) is 5.02 Å². The summed E-state index contributed by atoms with van der Waals surface area (Å²) in [4.78, 5) is 8.59. The molecule has 0 radical (unpaired) electrons. The first kappa shape index (κ1) is 16.7. The number of aliphatic imine (C=N–C) groups is 1. The Balaban J connectivity index is 2.25. The number of pyridine rings is 1. The third-order valence-corrected chi connectivity index (χ3v) is 4.47. The summed E-state index contributed by atoms with van der Waals surface area (Å²) in [6.07, 6.45) is 3.28. The number of aromatic nitrogens is 1. The average Bonchev–Trinajstić information content (AvgIpc) is 2.63. The van der Waals surface area contributed by atoms with Crippen molar-refractivity contribution >= 4 is 23.0 Å². The van der Waals surface area contributed by atoms with Gasteiger partial charge in [0, 0.05) is 29.6 Å². The van der Waals surface area contributed by atoms with Crippen LogP contribution in [0.3, 0.4) is 0 Å². The summed E-state index contributed by atoms with van der Waals surface area (Å²) in [5.41, 5.74) is 2.90. The second kappa shape index (κ2) is 6.76. The third-order valence-electron chi connectivity index (χ3n) is 4.16. The maximum absolute atomic E-state index is 9.79. The molecule has 0 bridgehead atoms. The number of halogens is 1. The van der Waals surface area contributed by atoms with Gasteiger partial charge in [0.2, 0.25) is 0 Å². The molecule has 1 aromatic carbocycles. The quantitative estimate of drug-likeness (QED) is 0.885. The lowest BCUT2D eigenvalue weighted by atomic mass is 9.76. The van der Waals surface area contributed by atoms with Gasteiger partial charge >= 0.3 is 0 Å². The number of hydrogen-bond donors (Lipinski definition) is 1. The number of aromatic hydroxyl groups is 1. The molecule has 5 nitrogen and oxygen atoms in total. The fourth-order valence-corrected chi connectivity index (χ4v) is 3.14. The van der Waals surface area contributed by atoms with Gasteiger partial charge in [0.15, 0.2) is 0 Å². The van der Waals surface area contributed by atoms with Crippen molar-refractivity contribution in [2.24, 2.45) is 10.9 Å². The second-order valence-corrected chi connectivity index (χ2v) is 6.07. The second-order valence-electron chi connectivity index (χ2n) is 5.66. The molecule has 0 aliphatic carbocycles. The Morgan fingerprint density at radius 1 is 1.24 bits per heavy atom. The summed E-state index contributed by atoms with van der Waals surface area (Å²) in [6.45, 7) is 1.77. The Morgan fingerprint density at radius 3 is 2.64 bits per heavy atom. The van der Waals surface area contributed by atoms with Crippen LogP contribution in [-0.2, 0) is 0 Å². The third kappa shape index (κ3) is 2.98. The van der Waals surface area contributed by atoms with Crippen LogP contribution in [0.25, 0.3) is 5.70 Å². The largest absolute Gasteiger partial charge is 0.506 e. The van der Waals surface area contributed by atoms with E-state index >= 15 is 0 Å². The SMILES string of the molecule is CC1=NC(c2cccnc2)=C(C#N)C(c2ccc(O)c(Cl)c2)C1C#N. The number of benzene rings is 1. The van der Waals surface area contributed by atoms with Crippen LogP contribution in [0.15, 0.2) is 53.3 Å². The van der Waals surface area contributed by atoms with Gasteiger partial charge in [0.1, 0.15) is 5.75 Å². The van der Waals surface area contributed by atoms with Crippen molar-refractivity contribution < 1.29 is 5.11 Å². The molecule has 3 rings (SSSR count). The van der Waals surface area contributed by atoms with E-state index in [-0.39, 0.29) is 10.8 Å². The topological polar surface area (TPSA) is 93.1 Å². The van der Waals surface area contributed by atoms with Crippen molar-refractivity contribution in [2.45, 2.75) is 12.8 Å². The first-order valence-corrected chi connectivity index (χ1v) is 7.92. The fourth-order valence-electron chi connectivity index (χ4n) is 2.95. The van der Waals surface area contributed by atoms with Crippen LogP contribution in [0.4, 0.5) is 0 Å². The Kier molecular flexibility index (Phi) is 4.52. The Hall–Kier alpha value is -3.15. The number of hydrogen-bond acceptors (Lipinski definition) is 5. The molecule has 1 aliphatic rings. The van der Waals surface area contributed by atoms with Crippen LogP contribution in [0, 0.1) is 28.6 Å². The molecule has 2 unspecified atom stereocenters. The van der Waals surface area contributed by atoms with E-state index in [1.807, 2.05) is 6.07 Å². The molecule has 0 fully saturated rings. The normalized spacial score (nSPS) is 19.8. The number of rotatable bonds is 2. The van der Waals surface area contributed by atoms with Crippen molar-refractivity contribution in [1.82, 2.24) is 4.98 Å². The Labute approximate surface area is 150 Å². The molecular formula is C19H13ClN4O. The highest BCUT2D eigenvalue weighted by atomic mass is 35.5. The summed E-state index contributed by atoms with van der Waals surface area (Å²) in [6, 6.07) is 12.8. The zero-order valence-electron chi connectivity index (χ0n) is 13.3. The molecule has 0 spiro atoms. The zero-order chi connectivity index (χ0) is 18.0. The highest BCUT2D eigenvalue weighted by Gasteiger charge is 2.35. The molecule has 2 heterocycles. The average molecular weight is 349 g/mol. The zero-order valence-corrected chi connectivity index (χ0v) is 14.1. The predicted octanol–water partition coefficient (Wildman–Crippen LogP) is 4.07. The van der Waals surface area contributed by atoms with E-state index in [1.165, 1.54) is 6.07 Å². The number of phenols is 1. The lowest BCUT2D eigenvalue weighted by Crippen LogP contribution is -2.25. The van der Waals surface area contributed by atoms with Gasteiger partial charge in [-0.05, 0) is 36.8 Å².